The maximum atomic E-state index is 12.6. The number of carbonyl (C=O) groups excluding carboxylic acids is 1. The number of hydrogen-bond acceptors (Lipinski definition) is 3. The third-order valence-corrected chi connectivity index (χ3v) is 4.53. The van der Waals surface area contributed by atoms with E-state index in [1.807, 2.05) is 19.2 Å². The van der Waals surface area contributed by atoms with E-state index in [-0.39, 0.29) is 18.3 Å². The molecule has 0 aliphatic carbocycles. The summed E-state index contributed by atoms with van der Waals surface area (Å²) in [6.07, 6.45) is 1.73. The second-order valence-corrected chi connectivity index (χ2v) is 6.47. The van der Waals surface area contributed by atoms with Crippen molar-refractivity contribution in [2.75, 3.05) is 20.1 Å². The van der Waals surface area contributed by atoms with Crippen molar-refractivity contribution in [3.8, 4) is 0 Å². The molecule has 1 aliphatic heterocycles. The zero-order valence-electron chi connectivity index (χ0n) is 12.9. The van der Waals surface area contributed by atoms with Crippen molar-refractivity contribution in [1.82, 2.24) is 20.4 Å². The number of halogens is 2. The van der Waals surface area contributed by atoms with Gasteiger partial charge < -0.3 is 10.2 Å². The van der Waals surface area contributed by atoms with E-state index in [2.05, 4.69) is 43.6 Å². The molecule has 1 aliphatic rings. The molecule has 7 heteroatoms. The average Bonchev–Trinajstić information content (AvgIpc) is 2.97. The van der Waals surface area contributed by atoms with Gasteiger partial charge in [0, 0.05) is 48.8 Å². The molecule has 0 fully saturated rings. The molecule has 0 radical (unpaired) electrons. The Morgan fingerprint density at radius 3 is 2.83 bits per heavy atom. The monoisotopic (exact) mass is 398 g/mol. The molecule has 1 aromatic carbocycles. The van der Waals surface area contributed by atoms with Gasteiger partial charge in [-0.15, -0.1) is 12.4 Å². The van der Waals surface area contributed by atoms with Gasteiger partial charge in [-0.2, -0.15) is 5.10 Å². The lowest BCUT2D eigenvalue weighted by Gasteiger charge is -2.18. The molecule has 23 heavy (non-hydrogen) atoms. The van der Waals surface area contributed by atoms with Crippen LogP contribution in [-0.4, -0.2) is 41.1 Å². The minimum atomic E-state index is -0.0155. The van der Waals surface area contributed by atoms with Gasteiger partial charge in [-0.25, -0.2) is 0 Å². The van der Waals surface area contributed by atoms with Gasteiger partial charge in [0.15, 0.2) is 5.69 Å². The first-order valence-corrected chi connectivity index (χ1v) is 8.21. The molecule has 1 amide bonds. The van der Waals surface area contributed by atoms with E-state index in [4.69, 9.17) is 0 Å². The molecule has 0 saturated carbocycles. The average molecular weight is 400 g/mol. The largest absolute Gasteiger partial charge is 0.340 e. The highest BCUT2D eigenvalue weighted by Gasteiger charge is 2.23. The molecule has 0 unspecified atom stereocenters. The molecule has 1 aromatic heterocycles. The van der Waals surface area contributed by atoms with Crippen LogP contribution in [0.2, 0.25) is 0 Å². The molecule has 0 atom stereocenters. The number of benzene rings is 1. The highest BCUT2D eigenvalue weighted by atomic mass is 79.9. The normalized spacial score (nSPS) is 13.1. The molecule has 2 heterocycles. The molecular formula is C16H20BrClN4O. The van der Waals surface area contributed by atoms with Gasteiger partial charge in [0.25, 0.3) is 5.91 Å². The number of rotatable bonds is 4. The van der Waals surface area contributed by atoms with Crippen LogP contribution in [0.1, 0.15) is 27.3 Å². The highest BCUT2D eigenvalue weighted by Crippen LogP contribution is 2.17. The van der Waals surface area contributed by atoms with Gasteiger partial charge in [-0.3, -0.25) is 9.89 Å². The standard InChI is InChI=1S/C16H19BrN4O.ClH/c1-21(9-7-11-2-4-12(17)5-3-11)16(22)15-13-10-18-8-6-14(13)19-20-15;/h2-5,18H,6-10H2,1H3,(H,19,20);1H. The van der Waals surface area contributed by atoms with Crippen LogP contribution in [0.5, 0.6) is 0 Å². The predicted octanol–water partition coefficient (Wildman–Crippen LogP) is 2.55. The van der Waals surface area contributed by atoms with Crippen molar-refractivity contribution in [1.29, 1.82) is 0 Å². The number of aromatic nitrogens is 2. The van der Waals surface area contributed by atoms with Gasteiger partial charge >= 0.3 is 0 Å². The van der Waals surface area contributed by atoms with E-state index < -0.39 is 0 Å². The zero-order valence-corrected chi connectivity index (χ0v) is 15.3. The summed E-state index contributed by atoms with van der Waals surface area (Å²) < 4.78 is 1.07. The Labute approximate surface area is 150 Å². The number of likely N-dealkylation sites (N-methyl/N-ethyl adjacent to an activating group) is 1. The predicted molar refractivity (Wildman–Crippen MR) is 96.1 cm³/mol. The van der Waals surface area contributed by atoms with E-state index in [0.717, 1.165) is 35.1 Å². The Kier molecular flexibility index (Phi) is 6.21. The van der Waals surface area contributed by atoms with Gasteiger partial charge in [-0.05, 0) is 24.1 Å². The van der Waals surface area contributed by atoms with Crippen LogP contribution in [0, 0.1) is 0 Å². The summed E-state index contributed by atoms with van der Waals surface area (Å²) in [5, 5.41) is 10.5. The first-order valence-electron chi connectivity index (χ1n) is 7.42. The Morgan fingerprint density at radius 1 is 1.35 bits per heavy atom. The molecule has 0 bridgehead atoms. The Hall–Kier alpha value is -1.37. The lowest BCUT2D eigenvalue weighted by Crippen LogP contribution is -2.31. The molecule has 3 rings (SSSR count). The third-order valence-electron chi connectivity index (χ3n) is 4.00. The van der Waals surface area contributed by atoms with Crippen molar-refractivity contribution in [3.63, 3.8) is 0 Å². The minimum Gasteiger partial charge on any atom is -0.340 e. The number of nitrogens with zero attached hydrogens (tertiary/aromatic N) is 2. The number of H-pyrrole nitrogens is 1. The van der Waals surface area contributed by atoms with Crippen LogP contribution in [0.25, 0.3) is 0 Å². The van der Waals surface area contributed by atoms with Crippen LogP contribution in [0.15, 0.2) is 28.7 Å². The second kappa shape index (κ2) is 7.95. The lowest BCUT2D eigenvalue weighted by atomic mass is 10.1. The first-order chi connectivity index (χ1) is 10.6. The molecule has 0 saturated heterocycles. The van der Waals surface area contributed by atoms with Crippen LogP contribution in [0.4, 0.5) is 0 Å². The maximum absolute atomic E-state index is 12.6. The maximum Gasteiger partial charge on any atom is 0.274 e. The number of aromatic amines is 1. The summed E-state index contributed by atoms with van der Waals surface area (Å²) in [6.45, 7) is 2.32. The molecule has 0 spiro atoms. The summed E-state index contributed by atoms with van der Waals surface area (Å²) >= 11 is 3.43. The van der Waals surface area contributed by atoms with Gasteiger partial charge in [0.1, 0.15) is 0 Å². The van der Waals surface area contributed by atoms with E-state index in [9.17, 15) is 4.79 Å². The molecule has 2 N–H and O–H groups in total. The lowest BCUT2D eigenvalue weighted by molar-refractivity contribution is 0.0789. The van der Waals surface area contributed by atoms with E-state index in [1.165, 1.54) is 5.56 Å². The van der Waals surface area contributed by atoms with Crippen molar-refractivity contribution < 1.29 is 4.79 Å². The van der Waals surface area contributed by atoms with E-state index >= 15 is 0 Å². The summed E-state index contributed by atoms with van der Waals surface area (Å²) in [5.41, 5.74) is 3.88. The summed E-state index contributed by atoms with van der Waals surface area (Å²) in [4.78, 5) is 14.3. The van der Waals surface area contributed by atoms with Crippen molar-refractivity contribution in [2.45, 2.75) is 19.4 Å². The summed E-state index contributed by atoms with van der Waals surface area (Å²) in [6, 6.07) is 8.19. The summed E-state index contributed by atoms with van der Waals surface area (Å²) in [5.74, 6) is -0.0155. The fourth-order valence-electron chi connectivity index (χ4n) is 2.63. The Morgan fingerprint density at radius 2 is 2.09 bits per heavy atom. The van der Waals surface area contributed by atoms with Crippen LogP contribution in [-0.2, 0) is 19.4 Å². The fourth-order valence-corrected chi connectivity index (χ4v) is 2.90. The molecular weight excluding hydrogens is 380 g/mol. The Bertz CT molecular complexity index is 671. The fraction of sp³-hybridized carbons (Fsp3) is 0.375. The third kappa shape index (κ3) is 4.13. The van der Waals surface area contributed by atoms with E-state index in [1.54, 1.807) is 4.90 Å². The molecule has 2 aromatic rings. The molecule has 124 valence electrons. The van der Waals surface area contributed by atoms with Crippen LogP contribution in [0.3, 0.4) is 0 Å². The first kappa shape index (κ1) is 18.0. The summed E-state index contributed by atoms with van der Waals surface area (Å²) in [7, 11) is 1.83. The highest BCUT2D eigenvalue weighted by molar-refractivity contribution is 9.10. The second-order valence-electron chi connectivity index (χ2n) is 5.56. The number of hydrogen-bond donors (Lipinski definition) is 2. The van der Waals surface area contributed by atoms with Crippen molar-refractivity contribution in [3.05, 3.63) is 51.3 Å². The van der Waals surface area contributed by atoms with E-state index in [0.29, 0.717) is 18.8 Å². The SMILES string of the molecule is CN(CCc1ccc(Br)cc1)C(=O)c1n[nH]c2c1CNCC2.Cl. The number of amides is 1. The Balaban J connectivity index is 0.00000192. The van der Waals surface area contributed by atoms with Gasteiger partial charge in [0.2, 0.25) is 0 Å². The zero-order chi connectivity index (χ0) is 15.5. The quantitative estimate of drug-likeness (QED) is 0.830. The number of fused-ring (bicyclic) bond motifs is 1. The van der Waals surface area contributed by atoms with Gasteiger partial charge in [0.05, 0.1) is 0 Å². The smallest absolute Gasteiger partial charge is 0.274 e. The van der Waals surface area contributed by atoms with Crippen molar-refractivity contribution in [2.24, 2.45) is 0 Å². The van der Waals surface area contributed by atoms with Gasteiger partial charge in [-0.1, -0.05) is 28.1 Å². The topological polar surface area (TPSA) is 61.0 Å². The number of carbonyl (C=O) groups is 1. The molecule has 5 nitrogen and oxygen atoms in total. The minimum absolute atomic E-state index is 0. The van der Waals surface area contributed by atoms with Crippen LogP contribution < -0.4 is 5.32 Å². The van der Waals surface area contributed by atoms with Crippen molar-refractivity contribution >= 4 is 34.2 Å². The van der Waals surface area contributed by atoms with Crippen LogP contribution >= 0.6 is 28.3 Å². The number of nitrogens with one attached hydrogen (secondary N) is 2.